The fourth-order valence-electron chi connectivity index (χ4n) is 1.66. The molecule has 17 heavy (non-hydrogen) atoms. The molecule has 0 N–H and O–H groups in total. The van der Waals surface area contributed by atoms with Crippen LogP contribution in [0.25, 0.3) is 0 Å². The number of likely N-dealkylation sites (tertiary alicyclic amines) is 1. The number of carbonyl (C=O) groups is 2. The molecule has 0 saturated carbocycles. The van der Waals surface area contributed by atoms with Gasteiger partial charge in [0.25, 0.3) is 0 Å². The Morgan fingerprint density at radius 3 is 2.24 bits per heavy atom. The summed E-state index contributed by atoms with van der Waals surface area (Å²) in [6.07, 6.45) is 0.810. The summed E-state index contributed by atoms with van der Waals surface area (Å²) in [6.45, 7) is 1.09. The summed E-state index contributed by atoms with van der Waals surface area (Å²) in [7, 11) is 0. The van der Waals surface area contributed by atoms with Gasteiger partial charge in [-0.25, -0.2) is 0 Å². The molecular weight excluding hydrogens is 220 g/mol. The summed E-state index contributed by atoms with van der Waals surface area (Å²) < 4.78 is 0. The molecule has 1 aliphatic heterocycles. The van der Waals surface area contributed by atoms with E-state index in [0.717, 1.165) is 0 Å². The first-order chi connectivity index (χ1) is 8.17. The lowest BCUT2D eigenvalue weighted by Gasteiger charge is -2.27. The zero-order valence-corrected chi connectivity index (χ0v) is 9.56. The molecule has 1 fully saturated rings. The summed E-state index contributed by atoms with van der Waals surface area (Å²) in [5, 5.41) is 17.1. The first-order valence-electron chi connectivity index (χ1n) is 5.43. The summed E-state index contributed by atoms with van der Waals surface area (Å²) in [6, 6.07) is 3.84. The van der Waals surface area contributed by atoms with Crippen molar-refractivity contribution in [3.05, 3.63) is 0 Å². The van der Waals surface area contributed by atoms with Gasteiger partial charge >= 0.3 is 0 Å². The fourth-order valence-corrected chi connectivity index (χ4v) is 1.66. The van der Waals surface area contributed by atoms with Gasteiger partial charge in [-0.3, -0.25) is 14.5 Å². The second kappa shape index (κ2) is 6.62. The van der Waals surface area contributed by atoms with Gasteiger partial charge in [-0.15, -0.1) is 0 Å². The Bertz CT molecular complexity index is 354. The number of nitriles is 2. The summed E-state index contributed by atoms with van der Waals surface area (Å²) in [5.74, 6) is 0.0583. The van der Waals surface area contributed by atoms with Crippen LogP contribution in [0.4, 0.5) is 0 Å². The van der Waals surface area contributed by atoms with Crippen molar-refractivity contribution in [3.63, 3.8) is 0 Å². The maximum atomic E-state index is 11.8. The Kier molecular flexibility index (Phi) is 5.12. The molecule has 6 nitrogen and oxygen atoms in total. The van der Waals surface area contributed by atoms with Crippen LogP contribution in [0, 0.1) is 22.7 Å². The standard InChI is InChI=1S/C11H14N4O2/c12-3-7-14(8-4-13)9-11(17)15-5-1-10(16)2-6-15/h1-2,5-9H2. The summed E-state index contributed by atoms with van der Waals surface area (Å²) in [5.41, 5.74) is 0. The average Bonchev–Trinajstić information content (AvgIpc) is 2.30. The molecular formula is C11H14N4O2. The predicted octanol–water partition coefficient (Wildman–Crippen LogP) is -0.473. The van der Waals surface area contributed by atoms with E-state index in [9.17, 15) is 9.59 Å². The second-order valence-corrected chi connectivity index (χ2v) is 3.88. The highest BCUT2D eigenvalue weighted by Crippen LogP contribution is 2.06. The van der Waals surface area contributed by atoms with Gasteiger partial charge in [0.15, 0.2) is 0 Å². The Morgan fingerprint density at radius 2 is 1.76 bits per heavy atom. The molecule has 1 saturated heterocycles. The highest BCUT2D eigenvalue weighted by atomic mass is 16.2. The second-order valence-electron chi connectivity index (χ2n) is 3.88. The van der Waals surface area contributed by atoms with Crippen LogP contribution in [-0.2, 0) is 9.59 Å². The van der Waals surface area contributed by atoms with Gasteiger partial charge in [0.2, 0.25) is 5.91 Å². The number of ketones is 1. The van der Waals surface area contributed by atoms with Gasteiger partial charge in [-0.05, 0) is 0 Å². The smallest absolute Gasteiger partial charge is 0.236 e. The van der Waals surface area contributed by atoms with Gasteiger partial charge in [-0.2, -0.15) is 10.5 Å². The molecule has 0 aliphatic carbocycles. The van der Waals surface area contributed by atoms with Crippen molar-refractivity contribution in [1.29, 1.82) is 10.5 Å². The number of carbonyl (C=O) groups excluding carboxylic acids is 2. The minimum absolute atomic E-state index is 0.0616. The Hall–Kier alpha value is -1.92. The van der Waals surface area contributed by atoms with E-state index < -0.39 is 0 Å². The maximum Gasteiger partial charge on any atom is 0.236 e. The summed E-state index contributed by atoms with van der Waals surface area (Å²) >= 11 is 0. The molecule has 0 atom stereocenters. The van der Waals surface area contributed by atoms with Crippen LogP contribution in [0.15, 0.2) is 0 Å². The van der Waals surface area contributed by atoms with E-state index in [2.05, 4.69) is 0 Å². The van der Waals surface area contributed by atoms with Crippen LogP contribution >= 0.6 is 0 Å². The molecule has 0 aromatic carbocycles. The molecule has 90 valence electrons. The van der Waals surface area contributed by atoms with E-state index in [4.69, 9.17) is 10.5 Å². The average molecular weight is 234 g/mol. The predicted molar refractivity (Wildman–Crippen MR) is 58.5 cm³/mol. The van der Waals surface area contributed by atoms with Crippen LogP contribution in [0.2, 0.25) is 0 Å². The molecule has 0 unspecified atom stereocenters. The lowest BCUT2D eigenvalue weighted by Crippen LogP contribution is -2.44. The molecule has 1 aliphatic rings. The number of nitrogens with zero attached hydrogens (tertiary/aromatic N) is 4. The minimum Gasteiger partial charge on any atom is -0.341 e. The van der Waals surface area contributed by atoms with Crippen molar-refractivity contribution in [2.45, 2.75) is 12.8 Å². The molecule has 1 heterocycles. The number of amides is 1. The number of hydrogen-bond donors (Lipinski definition) is 0. The Balaban J connectivity index is 2.44. The van der Waals surface area contributed by atoms with Crippen LogP contribution in [0.5, 0.6) is 0 Å². The third-order valence-electron chi connectivity index (χ3n) is 2.62. The molecule has 1 rings (SSSR count). The highest BCUT2D eigenvalue weighted by molar-refractivity contribution is 5.84. The fraction of sp³-hybridized carbons (Fsp3) is 0.636. The molecule has 0 spiro atoms. The molecule has 6 heteroatoms. The van der Waals surface area contributed by atoms with E-state index in [1.54, 1.807) is 4.90 Å². The molecule has 0 aromatic rings. The normalized spacial score (nSPS) is 15.5. The van der Waals surface area contributed by atoms with Crippen LogP contribution < -0.4 is 0 Å². The van der Waals surface area contributed by atoms with Crippen molar-refractivity contribution >= 4 is 11.7 Å². The van der Waals surface area contributed by atoms with Crippen molar-refractivity contribution in [2.24, 2.45) is 0 Å². The van der Waals surface area contributed by atoms with E-state index in [1.807, 2.05) is 12.1 Å². The van der Waals surface area contributed by atoms with Crippen molar-refractivity contribution < 1.29 is 9.59 Å². The SMILES string of the molecule is N#CCN(CC#N)CC(=O)N1CCC(=O)CC1. The molecule has 0 bridgehead atoms. The molecule has 1 amide bonds. The molecule has 0 radical (unpaired) electrons. The van der Waals surface area contributed by atoms with Gasteiger partial charge in [-0.1, -0.05) is 0 Å². The lowest BCUT2D eigenvalue weighted by molar-refractivity contribution is -0.135. The van der Waals surface area contributed by atoms with Crippen LogP contribution in [0.1, 0.15) is 12.8 Å². The van der Waals surface area contributed by atoms with Gasteiger partial charge in [0.1, 0.15) is 5.78 Å². The topological polar surface area (TPSA) is 88.2 Å². The van der Waals surface area contributed by atoms with Crippen molar-refractivity contribution in [3.8, 4) is 12.1 Å². The lowest BCUT2D eigenvalue weighted by atomic mass is 10.1. The summed E-state index contributed by atoms with van der Waals surface area (Å²) in [4.78, 5) is 25.9. The van der Waals surface area contributed by atoms with E-state index in [1.165, 1.54) is 4.90 Å². The third-order valence-corrected chi connectivity index (χ3v) is 2.62. The van der Waals surface area contributed by atoms with E-state index >= 15 is 0 Å². The third kappa shape index (κ3) is 4.21. The van der Waals surface area contributed by atoms with Crippen molar-refractivity contribution in [1.82, 2.24) is 9.80 Å². The molecule has 0 aromatic heterocycles. The first kappa shape index (κ1) is 13.1. The first-order valence-corrected chi connectivity index (χ1v) is 5.43. The quantitative estimate of drug-likeness (QED) is 0.613. The monoisotopic (exact) mass is 234 g/mol. The number of rotatable bonds is 4. The number of piperidine rings is 1. The Labute approximate surface area is 100 Å². The van der Waals surface area contributed by atoms with Gasteiger partial charge < -0.3 is 4.90 Å². The number of Topliss-reactive ketones (excluding diaryl/α,β-unsaturated/α-hetero) is 1. The van der Waals surface area contributed by atoms with Gasteiger partial charge in [0, 0.05) is 25.9 Å². The minimum atomic E-state index is -0.122. The van der Waals surface area contributed by atoms with Crippen molar-refractivity contribution in [2.75, 3.05) is 32.7 Å². The van der Waals surface area contributed by atoms with Crippen LogP contribution in [0.3, 0.4) is 0 Å². The van der Waals surface area contributed by atoms with Gasteiger partial charge in [0.05, 0.1) is 31.8 Å². The zero-order chi connectivity index (χ0) is 12.7. The zero-order valence-electron chi connectivity index (χ0n) is 9.56. The van der Waals surface area contributed by atoms with E-state index in [-0.39, 0.29) is 31.3 Å². The van der Waals surface area contributed by atoms with E-state index in [0.29, 0.717) is 25.9 Å². The number of hydrogen-bond acceptors (Lipinski definition) is 5. The Morgan fingerprint density at radius 1 is 1.24 bits per heavy atom. The highest BCUT2D eigenvalue weighted by Gasteiger charge is 2.22. The van der Waals surface area contributed by atoms with Crippen LogP contribution in [-0.4, -0.2) is 54.2 Å². The maximum absolute atomic E-state index is 11.8. The largest absolute Gasteiger partial charge is 0.341 e.